The van der Waals surface area contributed by atoms with E-state index < -0.39 is 9.84 Å². The Morgan fingerprint density at radius 1 is 1.43 bits per heavy atom. The number of halogens is 1. The molecule has 1 fully saturated rings. The summed E-state index contributed by atoms with van der Waals surface area (Å²) in [5.41, 5.74) is 7.00. The summed E-state index contributed by atoms with van der Waals surface area (Å²) in [6, 6.07) is 5.19. The van der Waals surface area contributed by atoms with Crippen molar-refractivity contribution >= 4 is 27.1 Å². The van der Waals surface area contributed by atoms with Gasteiger partial charge >= 0.3 is 0 Å². The van der Waals surface area contributed by atoms with Crippen LogP contribution >= 0.6 is 11.6 Å². The predicted molar refractivity (Wildman–Crippen MR) is 79.4 cm³/mol. The van der Waals surface area contributed by atoms with Gasteiger partial charge in [0.05, 0.1) is 22.1 Å². The van der Waals surface area contributed by atoms with Crippen molar-refractivity contribution in [3.05, 3.63) is 23.2 Å². The molecule has 3 rings (SSSR count). The van der Waals surface area contributed by atoms with Crippen molar-refractivity contribution in [2.75, 3.05) is 17.2 Å². The van der Waals surface area contributed by atoms with E-state index in [0.717, 1.165) is 0 Å². The van der Waals surface area contributed by atoms with Gasteiger partial charge in [0.25, 0.3) is 0 Å². The molecule has 1 atom stereocenters. The van der Waals surface area contributed by atoms with Gasteiger partial charge in [-0.25, -0.2) is 13.1 Å². The average molecular weight is 328 g/mol. The topological polar surface area (TPSA) is 104 Å². The minimum atomic E-state index is -2.93. The third kappa shape index (κ3) is 2.86. The van der Waals surface area contributed by atoms with E-state index in [1.54, 1.807) is 22.9 Å². The van der Waals surface area contributed by atoms with E-state index in [1.807, 2.05) is 0 Å². The molecule has 2 N–H and O–H groups in total. The van der Waals surface area contributed by atoms with Crippen molar-refractivity contribution in [1.82, 2.24) is 20.2 Å². The van der Waals surface area contributed by atoms with Crippen LogP contribution in [-0.2, 0) is 16.4 Å². The van der Waals surface area contributed by atoms with Gasteiger partial charge in [-0.1, -0.05) is 17.7 Å². The standard InChI is InChI=1S/C12H14ClN5O2S/c13-9-2-1-3-10(14)11(9)12-15-16-17-18(12)6-8-4-5-21(19,20)7-8/h1-3,8H,4-7,14H2. The summed E-state index contributed by atoms with van der Waals surface area (Å²) >= 11 is 6.17. The van der Waals surface area contributed by atoms with Crippen LogP contribution in [0.1, 0.15) is 6.42 Å². The number of nitrogen functional groups attached to an aromatic ring is 1. The number of hydrogen-bond donors (Lipinski definition) is 1. The minimum absolute atomic E-state index is 0.0148. The fraction of sp³-hybridized carbons (Fsp3) is 0.417. The zero-order chi connectivity index (χ0) is 15.0. The van der Waals surface area contributed by atoms with Gasteiger partial charge in [0, 0.05) is 12.2 Å². The summed E-state index contributed by atoms with van der Waals surface area (Å²) in [6.45, 7) is 0.437. The highest BCUT2D eigenvalue weighted by atomic mass is 35.5. The van der Waals surface area contributed by atoms with Gasteiger partial charge < -0.3 is 5.73 Å². The van der Waals surface area contributed by atoms with E-state index >= 15 is 0 Å². The first-order valence-corrected chi connectivity index (χ1v) is 8.67. The van der Waals surface area contributed by atoms with Crippen molar-refractivity contribution in [2.45, 2.75) is 13.0 Å². The smallest absolute Gasteiger partial charge is 0.185 e. The summed E-state index contributed by atoms with van der Waals surface area (Å²) in [4.78, 5) is 0. The van der Waals surface area contributed by atoms with E-state index in [9.17, 15) is 8.42 Å². The van der Waals surface area contributed by atoms with Gasteiger partial charge in [0.1, 0.15) is 0 Å². The average Bonchev–Trinajstić information content (AvgIpc) is 2.97. The predicted octanol–water partition coefficient (Wildman–Crippen LogP) is 1.01. The number of benzene rings is 1. The lowest BCUT2D eigenvalue weighted by Crippen LogP contribution is -2.15. The normalized spacial score (nSPS) is 20.7. The van der Waals surface area contributed by atoms with Crippen LogP contribution < -0.4 is 5.73 Å². The number of aromatic nitrogens is 4. The van der Waals surface area contributed by atoms with E-state index in [2.05, 4.69) is 15.5 Å². The van der Waals surface area contributed by atoms with Crippen LogP contribution in [0.3, 0.4) is 0 Å². The largest absolute Gasteiger partial charge is 0.398 e. The number of hydrogen-bond acceptors (Lipinski definition) is 6. The molecule has 0 amide bonds. The Morgan fingerprint density at radius 3 is 2.90 bits per heavy atom. The molecule has 0 aliphatic carbocycles. The number of nitrogens with two attached hydrogens (primary N) is 1. The summed E-state index contributed by atoms with van der Waals surface area (Å²) in [5, 5.41) is 12.0. The molecule has 7 nitrogen and oxygen atoms in total. The molecular weight excluding hydrogens is 314 g/mol. The Balaban J connectivity index is 1.92. The lowest BCUT2D eigenvalue weighted by Gasteiger charge is -2.11. The van der Waals surface area contributed by atoms with Crippen LogP contribution in [0.4, 0.5) is 5.69 Å². The van der Waals surface area contributed by atoms with E-state index in [0.29, 0.717) is 35.1 Å². The molecule has 1 saturated heterocycles. The zero-order valence-corrected chi connectivity index (χ0v) is 12.7. The van der Waals surface area contributed by atoms with E-state index in [1.165, 1.54) is 0 Å². The first-order valence-electron chi connectivity index (χ1n) is 6.47. The number of sulfone groups is 1. The van der Waals surface area contributed by atoms with Crippen molar-refractivity contribution < 1.29 is 8.42 Å². The van der Waals surface area contributed by atoms with E-state index in [4.69, 9.17) is 17.3 Å². The van der Waals surface area contributed by atoms with Crippen molar-refractivity contribution in [3.63, 3.8) is 0 Å². The molecule has 21 heavy (non-hydrogen) atoms. The number of nitrogens with zero attached hydrogens (tertiary/aromatic N) is 4. The molecule has 1 aromatic carbocycles. The SMILES string of the molecule is Nc1cccc(Cl)c1-c1nnnn1CC1CCS(=O)(=O)C1. The second kappa shape index (κ2) is 5.27. The maximum atomic E-state index is 11.5. The monoisotopic (exact) mass is 327 g/mol. The molecular formula is C12H14ClN5O2S. The van der Waals surface area contributed by atoms with Crippen molar-refractivity contribution in [2.24, 2.45) is 5.92 Å². The maximum Gasteiger partial charge on any atom is 0.185 e. The lowest BCUT2D eigenvalue weighted by molar-refractivity contribution is 0.452. The van der Waals surface area contributed by atoms with Gasteiger partial charge in [-0.05, 0) is 34.9 Å². The van der Waals surface area contributed by atoms with Crippen molar-refractivity contribution in [3.8, 4) is 11.4 Å². The Hall–Kier alpha value is -1.67. The van der Waals surface area contributed by atoms with Gasteiger partial charge in [0.2, 0.25) is 0 Å². The zero-order valence-electron chi connectivity index (χ0n) is 11.1. The number of rotatable bonds is 3. The fourth-order valence-corrected chi connectivity index (χ4v) is 4.66. The third-order valence-corrected chi connectivity index (χ3v) is 5.71. The lowest BCUT2D eigenvalue weighted by atomic mass is 10.1. The number of tetrazole rings is 1. The Kier molecular flexibility index (Phi) is 3.58. The molecule has 0 saturated carbocycles. The molecule has 2 heterocycles. The molecule has 112 valence electrons. The van der Waals surface area contributed by atoms with Crippen LogP contribution in [0, 0.1) is 5.92 Å². The molecule has 1 aliphatic rings. The summed E-state index contributed by atoms with van der Waals surface area (Å²) < 4.78 is 24.6. The van der Waals surface area contributed by atoms with Gasteiger partial charge in [-0.3, -0.25) is 0 Å². The van der Waals surface area contributed by atoms with Gasteiger partial charge in [0.15, 0.2) is 15.7 Å². The molecule has 0 radical (unpaired) electrons. The summed E-state index contributed by atoms with van der Waals surface area (Å²) in [7, 11) is -2.93. The molecule has 2 aromatic rings. The number of anilines is 1. The fourth-order valence-electron chi connectivity index (χ4n) is 2.54. The second-order valence-corrected chi connectivity index (χ2v) is 7.79. The van der Waals surface area contributed by atoms with Crippen molar-refractivity contribution in [1.29, 1.82) is 0 Å². The molecule has 0 bridgehead atoms. The first-order chi connectivity index (χ1) is 9.96. The molecule has 1 aromatic heterocycles. The maximum absolute atomic E-state index is 11.5. The molecule has 9 heteroatoms. The quantitative estimate of drug-likeness (QED) is 0.844. The van der Waals surface area contributed by atoms with Gasteiger partial charge in [-0.15, -0.1) is 5.10 Å². The minimum Gasteiger partial charge on any atom is -0.398 e. The molecule has 1 aliphatic heterocycles. The highest BCUT2D eigenvalue weighted by molar-refractivity contribution is 7.91. The van der Waals surface area contributed by atoms with Crippen LogP contribution in [0.5, 0.6) is 0 Å². The Morgan fingerprint density at radius 2 is 2.24 bits per heavy atom. The molecule has 1 unspecified atom stereocenters. The highest BCUT2D eigenvalue weighted by Gasteiger charge is 2.29. The van der Waals surface area contributed by atoms with Crippen LogP contribution in [0.15, 0.2) is 18.2 Å². The first kappa shape index (κ1) is 14.3. The van der Waals surface area contributed by atoms with Gasteiger partial charge in [-0.2, -0.15) is 0 Å². The summed E-state index contributed by atoms with van der Waals surface area (Å²) in [5.74, 6) is 0.872. The molecule has 0 spiro atoms. The summed E-state index contributed by atoms with van der Waals surface area (Å²) in [6.07, 6.45) is 0.625. The highest BCUT2D eigenvalue weighted by Crippen LogP contribution is 2.32. The van der Waals surface area contributed by atoms with Crippen LogP contribution in [0.25, 0.3) is 11.4 Å². The van der Waals surface area contributed by atoms with Crippen LogP contribution in [0.2, 0.25) is 5.02 Å². The van der Waals surface area contributed by atoms with E-state index in [-0.39, 0.29) is 17.4 Å². The van der Waals surface area contributed by atoms with Crippen LogP contribution in [-0.4, -0.2) is 40.1 Å². The Labute approximate surface area is 127 Å². The Bertz CT molecular complexity index is 753. The second-order valence-electron chi connectivity index (χ2n) is 5.16. The third-order valence-electron chi connectivity index (χ3n) is 3.56.